The molecule has 0 aromatic carbocycles. The molecule has 0 spiro atoms. The highest BCUT2D eigenvalue weighted by Gasteiger charge is 2.19. The van der Waals surface area contributed by atoms with Gasteiger partial charge in [0.15, 0.2) is 0 Å². The van der Waals surface area contributed by atoms with E-state index in [9.17, 15) is 0 Å². The van der Waals surface area contributed by atoms with E-state index in [2.05, 4.69) is 41.2 Å². The predicted molar refractivity (Wildman–Crippen MR) is 76.7 cm³/mol. The van der Waals surface area contributed by atoms with Crippen molar-refractivity contribution >= 4 is 5.82 Å². The summed E-state index contributed by atoms with van der Waals surface area (Å²) in [4.78, 5) is 6.87. The summed E-state index contributed by atoms with van der Waals surface area (Å²) in [5, 5.41) is 3.27. The second kappa shape index (κ2) is 6.74. The zero-order valence-corrected chi connectivity index (χ0v) is 11.7. The minimum Gasteiger partial charge on any atom is -0.370 e. The van der Waals surface area contributed by atoms with Crippen LogP contribution >= 0.6 is 0 Å². The molecule has 1 aromatic rings. The molecule has 0 atom stereocenters. The van der Waals surface area contributed by atoms with Crippen molar-refractivity contribution in [3.63, 3.8) is 0 Å². The Morgan fingerprint density at radius 3 is 2.83 bits per heavy atom. The fourth-order valence-electron chi connectivity index (χ4n) is 2.45. The molecule has 1 fully saturated rings. The van der Waals surface area contributed by atoms with Gasteiger partial charge in [-0.15, -0.1) is 0 Å². The molecule has 0 bridgehead atoms. The quantitative estimate of drug-likeness (QED) is 0.802. The van der Waals surface area contributed by atoms with Gasteiger partial charge in [0.1, 0.15) is 5.82 Å². The number of rotatable bonds is 7. The molecule has 0 radical (unpaired) electrons. The van der Waals surface area contributed by atoms with E-state index >= 15 is 0 Å². The Kier molecular flexibility index (Phi) is 5.00. The van der Waals surface area contributed by atoms with Crippen LogP contribution < -0.4 is 5.32 Å². The first-order chi connectivity index (χ1) is 8.81. The zero-order valence-electron chi connectivity index (χ0n) is 11.7. The van der Waals surface area contributed by atoms with Gasteiger partial charge >= 0.3 is 0 Å². The Bertz CT molecular complexity index is 361. The molecule has 100 valence electrons. The van der Waals surface area contributed by atoms with E-state index in [4.69, 9.17) is 0 Å². The molecule has 1 aromatic heterocycles. The number of hydrogen-bond donors (Lipinski definition) is 1. The summed E-state index contributed by atoms with van der Waals surface area (Å²) in [7, 11) is 0. The van der Waals surface area contributed by atoms with Crippen LogP contribution in [0.4, 0.5) is 5.82 Å². The average molecular weight is 247 g/mol. The number of nitrogens with zero attached hydrogens (tertiary/aromatic N) is 2. The Hall–Kier alpha value is -1.09. The molecule has 1 heterocycles. The van der Waals surface area contributed by atoms with Gasteiger partial charge in [-0.3, -0.25) is 4.90 Å². The van der Waals surface area contributed by atoms with E-state index in [-0.39, 0.29) is 0 Å². The molecule has 1 N–H and O–H groups in total. The van der Waals surface area contributed by atoms with Crippen LogP contribution in [0.25, 0.3) is 0 Å². The van der Waals surface area contributed by atoms with Crippen molar-refractivity contribution in [1.29, 1.82) is 0 Å². The van der Waals surface area contributed by atoms with Crippen LogP contribution in [0.1, 0.15) is 38.7 Å². The van der Waals surface area contributed by atoms with Crippen LogP contribution in [-0.2, 0) is 6.54 Å². The van der Waals surface area contributed by atoms with Gasteiger partial charge in [-0.05, 0) is 49.9 Å². The zero-order chi connectivity index (χ0) is 12.8. The van der Waals surface area contributed by atoms with Gasteiger partial charge in [-0.1, -0.05) is 13.3 Å². The first kappa shape index (κ1) is 13.3. The summed E-state index contributed by atoms with van der Waals surface area (Å²) in [5.41, 5.74) is 1.36. The highest BCUT2D eigenvalue weighted by atomic mass is 15.1. The van der Waals surface area contributed by atoms with Crippen LogP contribution in [0.15, 0.2) is 18.3 Å². The Balaban J connectivity index is 1.90. The standard InChI is InChI=1S/C15H25N3/c1-3-16-15-10-14(8-9-17-15)12-18(4-2)11-13-6-5-7-13/h8-10,13H,3-7,11-12H2,1-2H3,(H,16,17). The highest BCUT2D eigenvalue weighted by Crippen LogP contribution is 2.27. The smallest absolute Gasteiger partial charge is 0.126 e. The van der Waals surface area contributed by atoms with E-state index in [1.807, 2.05) is 6.20 Å². The lowest BCUT2D eigenvalue weighted by atomic mass is 9.85. The first-order valence-electron chi connectivity index (χ1n) is 7.23. The van der Waals surface area contributed by atoms with Crippen LogP contribution in [0.2, 0.25) is 0 Å². The molecule has 3 heteroatoms. The highest BCUT2D eigenvalue weighted by molar-refractivity contribution is 5.37. The van der Waals surface area contributed by atoms with Gasteiger partial charge in [0.2, 0.25) is 0 Å². The molecule has 1 saturated carbocycles. The fraction of sp³-hybridized carbons (Fsp3) is 0.667. The van der Waals surface area contributed by atoms with Crippen molar-refractivity contribution < 1.29 is 0 Å². The minimum atomic E-state index is 0.927. The van der Waals surface area contributed by atoms with Crippen LogP contribution in [0.3, 0.4) is 0 Å². The number of aromatic nitrogens is 1. The average Bonchev–Trinajstić information content (AvgIpc) is 2.33. The molecule has 1 aliphatic carbocycles. The lowest BCUT2D eigenvalue weighted by Crippen LogP contribution is -2.32. The summed E-state index contributed by atoms with van der Waals surface area (Å²) in [6.45, 7) is 8.73. The van der Waals surface area contributed by atoms with Gasteiger partial charge in [-0.2, -0.15) is 0 Å². The lowest BCUT2D eigenvalue weighted by Gasteiger charge is -2.31. The normalized spacial score (nSPS) is 15.7. The molecule has 1 aliphatic rings. The predicted octanol–water partition coefficient (Wildman–Crippen LogP) is 3.14. The largest absolute Gasteiger partial charge is 0.370 e. The Morgan fingerprint density at radius 2 is 2.22 bits per heavy atom. The van der Waals surface area contributed by atoms with Crippen molar-refractivity contribution in [3.05, 3.63) is 23.9 Å². The van der Waals surface area contributed by atoms with Gasteiger partial charge in [0.25, 0.3) is 0 Å². The molecular weight excluding hydrogens is 222 g/mol. The van der Waals surface area contributed by atoms with Gasteiger partial charge < -0.3 is 5.32 Å². The van der Waals surface area contributed by atoms with E-state index < -0.39 is 0 Å². The van der Waals surface area contributed by atoms with Crippen molar-refractivity contribution in [2.45, 2.75) is 39.7 Å². The van der Waals surface area contributed by atoms with Crippen LogP contribution in [-0.4, -0.2) is 29.5 Å². The molecule has 0 amide bonds. The molecule has 0 unspecified atom stereocenters. The summed E-state index contributed by atoms with van der Waals surface area (Å²) >= 11 is 0. The number of pyridine rings is 1. The maximum absolute atomic E-state index is 4.32. The molecule has 0 saturated heterocycles. The van der Waals surface area contributed by atoms with Crippen molar-refractivity contribution in [3.8, 4) is 0 Å². The van der Waals surface area contributed by atoms with E-state index in [1.54, 1.807) is 0 Å². The third-order valence-corrected chi connectivity index (χ3v) is 3.78. The summed E-state index contributed by atoms with van der Waals surface area (Å²) in [6.07, 6.45) is 6.19. The second-order valence-electron chi connectivity index (χ2n) is 5.20. The lowest BCUT2D eigenvalue weighted by molar-refractivity contribution is 0.178. The van der Waals surface area contributed by atoms with Crippen molar-refractivity contribution in [1.82, 2.24) is 9.88 Å². The Labute approximate surface area is 111 Å². The molecule has 2 rings (SSSR count). The first-order valence-corrected chi connectivity index (χ1v) is 7.23. The summed E-state index contributed by atoms with van der Waals surface area (Å²) < 4.78 is 0. The Morgan fingerprint density at radius 1 is 1.39 bits per heavy atom. The van der Waals surface area contributed by atoms with Crippen molar-refractivity contribution in [2.75, 3.05) is 25.0 Å². The third kappa shape index (κ3) is 3.70. The van der Waals surface area contributed by atoms with E-state index in [0.717, 1.165) is 31.4 Å². The third-order valence-electron chi connectivity index (χ3n) is 3.78. The van der Waals surface area contributed by atoms with E-state index in [0.29, 0.717) is 0 Å². The van der Waals surface area contributed by atoms with Crippen LogP contribution in [0, 0.1) is 5.92 Å². The van der Waals surface area contributed by atoms with E-state index in [1.165, 1.54) is 31.4 Å². The summed E-state index contributed by atoms with van der Waals surface area (Å²) in [6, 6.07) is 4.30. The summed E-state index contributed by atoms with van der Waals surface area (Å²) in [5.74, 6) is 1.94. The SMILES string of the molecule is CCNc1cc(CN(CC)CC2CCC2)ccn1. The van der Waals surface area contributed by atoms with Gasteiger partial charge in [-0.25, -0.2) is 4.98 Å². The maximum Gasteiger partial charge on any atom is 0.126 e. The monoisotopic (exact) mass is 247 g/mol. The number of nitrogens with one attached hydrogen (secondary N) is 1. The topological polar surface area (TPSA) is 28.2 Å². The fourth-order valence-corrected chi connectivity index (χ4v) is 2.45. The maximum atomic E-state index is 4.32. The van der Waals surface area contributed by atoms with Crippen molar-refractivity contribution in [2.24, 2.45) is 5.92 Å². The minimum absolute atomic E-state index is 0.927. The van der Waals surface area contributed by atoms with Gasteiger partial charge in [0.05, 0.1) is 0 Å². The molecule has 18 heavy (non-hydrogen) atoms. The molecular formula is C15H25N3. The van der Waals surface area contributed by atoms with Gasteiger partial charge in [0, 0.05) is 25.8 Å². The second-order valence-corrected chi connectivity index (χ2v) is 5.20. The molecule has 0 aliphatic heterocycles. The van der Waals surface area contributed by atoms with Crippen LogP contribution in [0.5, 0.6) is 0 Å². The number of anilines is 1. The number of hydrogen-bond acceptors (Lipinski definition) is 3. The molecule has 3 nitrogen and oxygen atoms in total.